The van der Waals surface area contributed by atoms with Crippen molar-refractivity contribution >= 4 is 17.7 Å². The molecule has 0 spiro atoms. The molecule has 0 radical (unpaired) electrons. The summed E-state index contributed by atoms with van der Waals surface area (Å²) in [6.45, 7) is 6.13. The van der Waals surface area contributed by atoms with E-state index in [0.29, 0.717) is 18.7 Å². The van der Waals surface area contributed by atoms with E-state index in [1.807, 2.05) is 0 Å². The smallest absolute Gasteiger partial charge is 0.246 e. The van der Waals surface area contributed by atoms with Crippen LogP contribution in [-0.4, -0.2) is 49.3 Å². The van der Waals surface area contributed by atoms with Gasteiger partial charge in [0.15, 0.2) is 0 Å². The first-order chi connectivity index (χ1) is 9.97. The van der Waals surface area contributed by atoms with E-state index in [1.54, 1.807) is 6.92 Å². The summed E-state index contributed by atoms with van der Waals surface area (Å²) in [5, 5.41) is 10.8. The second-order valence-electron chi connectivity index (χ2n) is 4.06. The Morgan fingerprint density at radius 1 is 1.10 bits per heavy atom. The SMILES string of the molecule is C=C(C)C(=O)NCCOCCONC(=O)CCC(=O)NO. The van der Waals surface area contributed by atoms with Crippen LogP contribution in [0.15, 0.2) is 12.2 Å². The lowest BCUT2D eigenvalue weighted by Crippen LogP contribution is -2.29. The summed E-state index contributed by atoms with van der Waals surface area (Å²) in [5.41, 5.74) is 3.97. The molecule has 0 unspecified atom stereocenters. The Balaban J connectivity index is 3.36. The van der Waals surface area contributed by atoms with Crippen LogP contribution in [0.25, 0.3) is 0 Å². The molecule has 0 saturated carbocycles. The van der Waals surface area contributed by atoms with Gasteiger partial charge in [0.05, 0.1) is 19.8 Å². The molecular weight excluding hydrogens is 282 g/mol. The first-order valence-electron chi connectivity index (χ1n) is 6.32. The van der Waals surface area contributed by atoms with Crippen molar-refractivity contribution in [3.63, 3.8) is 0 Å². The van der Waals surface area contributed by atoms with Crippen LogP contribution in [0.4, 0.5) is 0 Å². The molecule has 0 aromatic carbocycles. The van der Waals surface area contributed by atoms with Crippen LogP contribution < -0.4 is 16.3 Å². The van der Waals surface area contributed by atoms with Gasteiger partial charge < -0.3 is 10.1 Å². The predicted octanol–water partition coefficient (Wildman–Crippen LogP) is -0.971. The predicted molar refractivity (Wildman–Crippen MR) is 71.9 cm³/mol. The van der Waals surface area contributed by atoms with E-state index in [2.05, 4.69) is 17.4 Å². The van der Waals surface area contributed by atoms with Gasteiger partial charge in [-0.25, -0.2) is 11.0 Å². The number of amides is 3. The lowest BCUT2D eigenvalue weighted by Gasteiger charge is -2.07. The molecule has 0 fully saturated rings. The Kier molecular flexibility index (Phi) is 10.7. The maximum Gasteiger partial charge on any atom is 0.246 e. The number of nitrogens with one attached hydrogen (secondary N) is 3. The summed E-state index contributed by atoms with van der Waals surface area (Å²) >= 11 is 0. The van der Waals surface area contributed by atoms with Gasteiger partial charge in [-0.1, -0.05) is 6.58 Å². The van der Waals surface area contributed by atoms with Crippen LogP contribution in [0, 0.1) is 0 Å². The number of hydroxylamine groups is 2. The molecule has 0 aromatic heterocycles. The van der Waals surface area contributed by atoms with E-state index in [0.717, 1.165) is 0 Å². The second-order valence-corrected chi connectivity index (χ2v) is 4.06. The summed E-state index contributed by atoms with van der Waals surface area (Å²) in [4.78, 5) is 37.7. The normalized spacial score (nSPS) is 9.81. The lowest BCUT2D eigenvalue weighted by molar-refractivity contribution is -0.138. The van der Waals surface area contributed by atoms with E-state index >= 15 is 0 Å². The molecule has 0 aliphatic rings. The quantitative estimate of drug-likeness (QED) is 0.168. The van der Waals surface area contributed by atoms with Gasteiger partial charge in [-0.3, -0.25) is 24.4 Å². The fourth-order valence-electron chi connectivity index (χ4n) is 1.06. The molecule has 0 aliphatic carbocycles. The molecule has 3 amide bonds. The average Bonchev–Trinajstić information content (AvgIpc) is 2.46. The van der Waals surface area contributed by atoms with Crippen molar-refractivity contribution in [1.29, 1.82) is 0 Å². The van der Waals surface area contributed by atoms with Crippen molar-refractivity contribution in [2.45, 2.75) is 19.8 Å². The fourth-order valence-corrected chi connectivity index (χ4v) is 1.06. The third-order valence-corrected chi connectivity index (χ3v) is 2.14. The summed E-state index contributed by atoms with van der Waals surface area (Å²) in [5.74, 6) is -1.35. The zero-order chi connectivity index (χ0) is 16.1. The van der Waals surface area contributed by atoms with Gasteiger partial charge in [0.1, 0.15) is 0 Å². The number of carbonyl (C=O) groups excluding carboxylic acids is 3. The highest BCUT2D eigenvalue weighted by Gasteiger charge is 2.05. The molecule has 0 atom stereocenters. The van der Waals surface area contributed by atoms with Crippen LogP contribution >= 0.6 is 0 Å². The van der Waals surface area contributed by atoms with Crippen LogP contribution in [0.3, 0.4) is 0 Å². The van der Waals surface area contributed by atoms with Gasteiger partial charge in [0.2, 0.25) is 17.7 Å². The van der Waals surface area contributed by atoms with Crippen molar-refractivity contribution < 1.29 is 29.2 Å². The minimum absolute atomic E-state index is 0.0970. The van der Waals surface area contributed by atoms with Gasteiger partial charge in [-0.2, -0.15) is 0 Å². The van der Waals surface area contributed by atoms with Gasteiger partial charge in [-0.15, -0.1) is 0 Å². The Labute approximate surface area is 122 Å². The Bertz CT molecular complexity index is 372. The third kappa shape index (κ3) is 11.5. The Morgan fingerprint density at radius 3 is 2.38 bits per heavy atom. The minimum atomic E-state index is -0.648. The van der Waals surface area contributed by atoms with Crippen molar-refractivity contribution in [1.82, 2.24) is 16.3 Å². The van der Waals surface area contributed by atoms with Crippen molar-refractivity contribution in [3.05, 3.63) is 12.2 Å². The number of carbonyl (C=O) groups is 3. The van der Waals surface area contributed by atoms with Gasteiger partial charge in [0.25, 0.3) is 0 Å². The Morgan fingerprint density at radius 2 is 1.76 bits per heavy atom. The van der Waals surface area contributed by atoms with Crippen LogP contribution in [0.2, 0.25) is 0 Å². The molecular formula is C12H21N3O6. The Hall–Kier alpha value is -1.97. The number of ether oxygens (including phenoxy) is 1. The van der Waals surface area contributed by atoms with E-state index in [4.69, 9.17) is 14.8 Å². The first kappa shape index (κ1) is 19.0. The first-order valence-corrected chi connectivity index (χ1v) is 6.32. The second kappa shape index (κ2) is 11.8. The van der Waals surface area contributed by atoms with Crippen LogP contribution in [-0.2, 0) is 24.0 Å². The summed E-state index contributed by atoms with van der Waals surface area (Å²) in [6, 6.07) is 0. The number of rotatable bonds is 11. The van der Waals surface area contributed by atoms with Crippen molar-refractivity contribution in [2.75, 3.05) is 26.4 Å². The molecule has 0 heterocycles. The summed E-state index contributed by atoms with van der Waals surface area (Å²) in [6.07, 6.45) is -0.231. The van der Waals surface area contributed by atoms with Crippen molar-refractivity contribution in [2.24, 2.45) is 0 Å². The average molecular weight is 303 g/mol. The molecule has 9 heteroatoms. The zero-order valence-corrected chi connectivity index (χ0v) is 11.9. The summed E-state index contributed by atoms with van der Waals surface area (Å²) < 4.78 is 5.14. The maximum absolute atomic E-state index is 11.1. The standard InChI is InChI=1S/C12H21N3O6/c1-9(2)12(18)13-5-6-20-7-8-21-15-11(17)4-3-10(16)14-19/h19H,1,3-8H2,2H3,(H,13,18)(H,14,16)(H,15,17). The molecule has 4 N–H and O–H groups in total. The lowest BCUT2D eigenvalue weighted by atomic mass is 10.3. The van der Waals surface area contributed by atoms with Gasteiger partial charge in [-0.05, 0) is 6.92 Å². The highest BCUT2D eigenvalue weighted by atomic mass is 16.7. The molecule has 9 nitrogen and oxygen atoms in total. The van der Waals surface area contributed by atoms with E-state index in [1.165, 1.54) is 5.48 Å². The highest BCUT2D eigenvalue weighted by Crippen LogP contribution is 1.88. The van der Waals surface area contributed by atoms with E-state index in [-0.39, 0.29) is 32.0 Å². The molecule has 0 saturated heterocycles. The maximum atomic E-state index is 11.1. The van der Waals surface area contributed by atoms with Gasteiger partial charge in [0, 0.05) is 25.0 Å². The molecule has 0 aliphatic heterocycles. The van der Waals surface area contributed by atoms with E-state index in [9.17, 15) is 14.4 Å². The molecule has 21 heavy (non-hydrogen) atoms. The third-order valence-electron chi connectivity index (χ3n) is 2.14. The minimum Gasteiger partial charge on any atom is -0.377 e. The molecule has 0 rings (SSSR count). The topological polar surface area (TPSA) is 126 Å². The van der Waals surface area contributed by atoms with E-state index < -0.39 is 11.8 Å². The summed E-state index contributed by atoms with van der Waals surface area (Å²) in [7, 11) is 0. The number of hydrogen-bond acceptors (Lipinski definition) is 6. The monoisotopic (exact) mass is 303 g/mol. The molecule has 0 bridgehead atoms. The molecule has 0 aromatic rings. The van der Waals surface area contributed by atoms with Gasteiger partial charge >= 0.3 is 0 Å². The zero-order valence-electron chi connectivity index (χ0n) is 11.9. The highest BCUT2D eigenvalue weighted by molar-refractivity contribution is 5.92. The van der Waals surface area contributed by atoms with Crippen LogP contribution in [0.5, 0.6) is 0 Å². The number of hydrogen-bond donors (Lipinski definition) is 4. The fraction of sp³-hybridized carbons (Fsp3) is 0.583. The van der Waals surface area contributed by atoms with Crippen molar-refractivity contribution in [3.8, 4) is 0 Å². The van der Waals surface area contributed by atoms with Crippen LogP contribution in [0.1, 0.15) is 19.8 Å². The largest absolute Gasteiger partial charge is 0.377 e. The molecule has 120 valence electrons.